The molecule has 1 aliphatic carbocycles. The maximum atomic E-state index is 12.0. The molecule has 2 N–H and O–H groups in total. The summed E-state index contributed by atoms with van der Waals surface area (Å²) in [7, 11) is 0. The molecule has 1 amide bonds. The highest BCUT2D eigenvalue weighted by atomic mass is 16.1. The van der Waals surface area contributed by atoms with E-state index in [-0.39, 0.29) is 5.91 Å². The largest absolute Gasteiger partial charge is 0.370 e. The van der Waals surface area contributed by atoms with Crippen molar-refractivity contribution in [1.82, 2.24) is 10.3 Å². The van der Waals surface area contributed by atoms with E-state index in [4.69, 9.17) is 0 Å². The maximum Gasteiger partial charge on any atom is 0.251 e. The number of amides is 1. The minimum absolute atomic E-state index is 0.0125. The Morgan fingerprint density at radius 2 is 2.24 bits per heavy atom. The summed E-state index contributed by atoms with van der Waals surface area (Å²) in [4.78, 5) is 16.1. The molecular weight excluding hydrogens is 214 g/mol. The minimum Gasteiger partial charge on any atom is -0.370 e. The molecule has 0 aliphatic heterocycles. The third-order valence-corrected chi connectivity index (χ3v) is 3.07. The van der Waals surface area contributed by atoms with Crippen LogP contribution in [0.1, 0.15) is 43.0 Å². The van der Waals surface area contributed by atoms with Crippen molar-refractivity contribution in [1.29, 1.82) is 0 Å². The summed E-state index contributed by atoms with van der Waals surface area (Å²) in [6.07, 6.45) is 6.34. The van der Waals surface area contributed by atoms with Crippen LogP contribution in [0.4, 0.5) is 5.82 Å². The lowest BCUT2D eigenvalue weighted by molar-refractivity contribution is 0.0938. The molecule has 1 aliphatic rings. The van der Waals surface area contributed by atoms with E-state index in [2.05, 4.69) is 15.6 Å². The van der Waals surface area contributed by atoms with E-state index in [1.165, 1.54) is 12.8 Å². The van der Waals surface area contributed by atoms with Gasteiger partial charge in [-0.3, -0.25) is 4.79 Å². The van der Waals surface area contributed by atoms with Crippen molar-refractivity contribution in [3.8, 4) is 0 Å². The predicted octanol–water partition coefficient (Wildman–Crippen LogP) is 2.19. The van der Waals surface area contributed by atoms with E-state index in [1.807, 2.05) is 6.92 Å². The van der Waals surface area contributed by atoms with Crippen molar-refractivity contribution in [2.45, 2.75) is 38.6 Å². The van der Waals surface area contributed by atoms with Crippen LogP contribution < -0.4 is 10.6 Å². The summed E-state index contributed by atoms with van der Waals surface area (Å²) < 4.78 is 0. The molecule has 0 bridgehead atoms. The van der Waals surface area contributed by atoms with Crippen LogP contribution in [0.15, 0.2) is 18.3 Å². The highest BCUT2D eigenvalue weighted by Crippen LogP contribution is 2.18. The van der Waals surface area contributed by atoms with Gasteiger partial charge in [0.05, 0.1) is 0 Å². The van der Waals surface area contributed by atoms with E-state index >= 15 is 0 Å². The second-order valence-electron chi connectivity index (χ2n) is 4.41. The van der Waals surface area contributed by atoms with Crippen molar-refractivity contribution < 1.29 is 4.79 Å². The average molecular weight is 233 g/mol. The van der Waals surface area contributed by atoms with Gasteiger partial charge in [-0.25, -0.2) is 4.98 Å². The van der Waals surface area contributed by atoms with Gasteiger partial charge in [-0.05, 0) is 31.9 Å². The number of aromatic nitrogens is 1. The van der Waals surface area contributed by atoms with Gasteiger partial charge in [0.15, 0.2) is 0 Å². The molecule has 0 unspecified atom stereocenters. The van der Waals surface area contributed by atoms with Gasteiger partial charge in [-0.2, -0.15) is 0 Å². The Morgan fingerprint density at radius 1 is 1.47 bits per heavy atom. The molecule has 1 aromatic heterocycles. The fourth-order valence-corrected chi connectivity index (χ4v) is 2.19. The average Bonchev–Trinajstić information content (AvgIpc) is 2.83. The molecule has 0 radical (unpaired) electrons. The Morgan fingerprint density at radius 3 is 2.94 bits per heavy atom. The number of nitrogens with one attached hydrogen (secondary N) is 2. The fourth-order valence-electron chi connectivity index (χ4n) is 2.19. The zero-order valence-electron chi connectivity index (χ0n) is 10.2. The second-order valence-corrected chi connectivity index (χ2v) is 4.41. The van der Waals surface area contributed by atoms with Gasteiger partial charge < -0.3 is 10.6 Å². The Kier molecular flexibility index (Phi) is 3.96. The molecule has 1 heterocycles. The molecule has 0 saturated heterocycles. The van der Waals surface area contributed by atoms with E-state index in [0.29, 0.717) is 11.6 Å². The molecule has 2 rings (SSSR count). The van der Waals surface area contributed by atoms with Crippen molar-refractivity contribution in [2.75, 3.05) is 11.9 Å². The van der Waals surface area contributed by atoms with Crippen molar-refractivity contribution in [3.63, 3.8) is 0 Å². The van der Waals surface area contributed by atoms with Gasteiger partial charge in [0.25, 0.3) is 5.91 Å². The zero-order valence-corrected chi connectivity index (χ0v) is 10.2. The van der Waals surface area contributed by atoms with Gasteiger partial charge in [0.1, 0.15) is 5.82 Å². The molecule has 4 heteroatoms. The molecule has 0 aromatic carbocycles. The number of rotatable bonds is 4. The van der Waals surface area contributed by atoms with Gasteiger partial charge >= 0.3 is 0 Å². The highest BCUT2D eigenvalue weighted by Gasteiger charge is 2.17. The normalized spacial score (nSPS) is 15.8. The van der Waals surface area contributed by atoms with Gasteiger partial charge in [-0.15, -0.1) is 0 Å². The molecule has 1 fully saturated rings. The van der Waals surface area contributed by atoms with Crippen LogP contribution in [-0.4, -0.2) is 23.5 Å². The SMILES string of the molecule is CCNc1cc(C(=O)NC2CCCC2)ccn1. The molecule has 17 heavy (non-hydrogen) atoms. The molecule has 1 saturated carbocycles. The first-order valence-corrected chi connectivity index (χ1v) is 6.30. The lowest BCUT2D eigenvalue weighted by Crippen LogP contribution is -2.32. The molecule has 0 atom stereocenters. The third-order valence-electron chi connectivity index (χ3n) is 3.07. The minimum atomic E-state index is 0.0125. The molecule has 0 spiro atoms. The van der Waals surface area contributed by atoms with E-state index in [1.54, 1.807) is 18.3 Å². The Labute approximate surface area is 102 Å². The Hall–Kier alpha value is -1.58. The summed E-state index contributed by atoms with van der Waals surface area (Å²) in [6, 6.07) is 3.91. The van der Waals surface area contributed by atoms with E-state index in [9.17, 15) is 4.79 Å². The van der Waals surface area contributed by atoms with Crippen molar-refractivity contribution in [3.05, 3.63) is 23.9 Å². The summed E-state index contributed by atoms with van der Waals surface area (Å²) >= 11 is 0. The summed E-state index contributed by atoms with van der Waals surface area (Å²) in [6.45, 7) is 2.81. The Bertz CT molecular complexity index is 386. The molecular formula is C13H19N3O. The zero-order chi connectivity index (χ0) is 12.1. The van der Waals surface area contributed by atoms with Crippen LogP contribution in [0.5, 0.6) is 0 Å². The predicted molar refractivity (Wildman–Crippen MR) is 68.1 cm³/mol. The summed E-state index contributed by atoms with van der Waals surface area (Å²) in [5.74, 6) is 0.769. The summed E-state index contributed by atoms with van der Waals surface area (Å²) in [5, 5.41) is 6.18. The summed E-state index contributed by atoms with van der Waals surface area (Å²) in [5.41, 5.74) is 0.683. The van der Waals surface area contributed by atoms with Crippen LogP contribution in [0, 0.1) is 0 Å². The maximum absolute atomic E-state index is 12.0. The first-order valence-electron chi connectivity index (χ1n) is 6.30. The number of hydrogen-bond acceptors (Lipinski definition) is 3. The number of nitrogens with zero attached hydrogens (tertiary/aromatic N) is 1. The van der Waals surface area contributed by atoms with Crippen LogP contribution in [0.2, 0.25) is 0 Å². The van der Waals surface area contributed by atoms with Gasteiger partial charge in [-0.1, -0.05) is 12.8 Å². The van der Waals surface area contributed by atoms with E-state index in [0.717, 1.165) is 25.2 Å². The highest BCUT2D eigenvalue weighted by molar-refractivity contribution is 5.95. The monoisotopic (exact) mass is 233 g/mol. The molecule has 4 nitrogen and oxygen atoms in total. The number of hydrogen-bond donors (Lipinski definition) is 2. The first kappa shape index (κ1) is 11.9. The smallest absolute Gasteiger partial charge is 0.251 e. The number of pyridine rings is 1. The second kappa shape index (κ2) is 5.66. The fraction of sp³-hybridized carbons (Fsp3) is 0.538. The number of anilines is 1. The number of carbonyl (C=O) groups is 1. The molecule has 1 aromatic rings. The van der Waals surface area contributed by atoms with Crippen molar-refractivity contribution >= 4 is 11.7 Å². The topological polar surface area (TPSA) is 54.0 Å². The number of carbonyl (C=O) groups excluding carboxylic acids is 1. The van der Waals surface area contributed by atoms with Crippen molar-refractivity contribution in [2.24, 2.45) is 0 Å². The Balaban J connectivity index is 1.99. The van der Waals surface area contributed by atoms with Crippen LogP contribution >= 0.6 is 0 Å². The van der Waals surface area contributed by atoms with Gasteiger partial charge in [0, 0.05) is 24.3 Å². The van der Waals surface area contributed by atoms with E-state index < -0.39 is 0 Å². The molecule has 92 valence electrons. The van der Waals surface area contributed by atoms with Crippen LogP contribution in [-0.2, 0) is 0 Å². The lowest BCUT2D eigenvalue weighted by atomic mass is 10.2. The third kappa shape index (κ3) is 3.19. The quantitative estimate of drug-likeness (QED) is 0.838. The first-order chi connectivity index (χ1) is 8.29. The van der Waals surface area contributed by atoms with Crippen LogP contribution in [0.3, 0.4) is 0 Å². The van der Waals surface area contributed by atoms with Crippen LogP contribution in [0.25, 0.3) is 0 Å². The lowest BCUT2D eigenvalue weighted by Gasteiger charge is -2.12. The standard InChI is InChI=1S/C13H19N3O/c1-2-14-12-9-10(7-8-15-12)13(17)16-11-5-3-4-6-11/h7-9,11H,2-6H2,1H3,(H,14,15)(H,16,17). The van der Waals surface area contributed by atoms with Gasteiger partial charge in [0.2, 0.25) is 0 Å².